The Morgan fingerprint density at radius 1 is 1.33 bits per heavy atom. The van der Waals surface area contributed by atoms with Crippen LogP contribution in [0.15, 0.2) is 16.8 Å². The average molecular weight is 406 g/mol. The number of anilines is 1. The van der Waals surface area contributed by atoms with Crippen LogP contribution >= 0.6 is 22.7 Å². The van der Waals surface area contributed by atoms with Crippen LogP contribution in [0.25, 0.3) is 11.4 Å². The van der Waals surface area contributed by atoms with Gasteiger partial charge in [-0.3, -0.25) is 4.79 Å². The van der Waals surface area contributed by atoms with Gasteiger partial charge in [-0.25, -0.2) is 4.79 Å². The molecule has 3 aromatic rings. The van der Waals surface area contributed by atoms with Crippen LogP contribution in [-0.2, 0) is 22.5 Å². The van der Waals surface area contributed by atoms with Gasteiger partial charge in [0, 0.05) is 15.8 Å². The van der Waals surface area contributed by atoms with E-state index in [-0.39, 0.29) is 19.1 Å². The molecule has 3 aromatic heterocycles. The third kappa shape index (κ3) is 4.22. The molecule has 0 aromatic carbocycles. The molecule has 0 saturated carbocycles. The summed E-state index contributed by atoms with van der Waals surface area (Å²) < 4.78 is 5.13. The number of tetrazole rings is 1. The van der Waals surface area contributed by atoms with E-state index in [4.69, 9.17) is 4.74 Å². The smallest absolute Gasteiger partial charge is 0.341 e. The molecule has 3 heterocycles. The minimum absolute atomic E-state index is 0.0994. The van der Waals surface area contributed by atoms with E-state index in [2.05, 4.69) is 20.7 Å². The summed E-state index contributed by atoms with van der Waals surface area (Å²) in [7, 11) is 0. The van der Waals surface area contributed by atoms with E-state index in [1.54, 1.807) is 6.92 Å². The molecule has 0 aliphatic carbocycles. The lowest BCUT2D eigenvalue weighted by Crippen LogP contribution is -2.21. The fourth-order valence-electron chi connectivity index (χ4n) is 2.55. The first-order valence-electron chi connectivity index (χ1n) is 8.43. The van der Waals surface area contributed by atoms with E-state index in [1.165, 1.54) is 27.5 Å². The number of esters is 1. The summed E-state index contributed by atoms with van der Waals surface area (Å²) in [5.74, 6) is -0.296. The Labute approximate surface area is 164 Å². The molecule has 0 aliphatic heterocycles. The van der Waals surface area contributed by atoms with Gasteiger partial charge in [-0.15, -0.1) is 21.5 Å². The standard InChI is InChI=1S/C17H19N5O3S2/c1-4-12-10(3)14(17(24)25-5-2)16(27-12)18-13(23)8-22-20-15(19-21-22)11-6-7-26-9-11/h6-7,9H,4-5,8H2,1-3H3,(H,18,23). The number of amides is 1. The zero-order valence-electron chi connectivity index (χ0n) is 15.2. The monoisotopic (exact) mass is 405 g/mol. The number of hydrogen-bond donors (Lipinski definition) is 1. The van der Waals surface area contributed by atoms with Gasteiger partial charge in [0.15, 0.2) is 0 Å². The second-order valence-electron chi connectivity index (χ2n) is 5.63. The van der Waals surface area contributed by atoms with Crippen molar-refractivity contribution in [3.8, 4) is 11.4 Å². The summed E-state index contributed by atoms with van der Waals surface area (Å²) >= 11 is 2.92. The van der Waals surface area contributed by atoms with Crippen molar-refractivity contribution in [3.63, 3.8) is 0 Å². The van der Waals surface area contributed by atoms with E-state index < -0.39 is 5.97 Å². The summed E-state index contributed by atoms with van der Waals surface area (Å²) in [5.41, 5.74) is 2.12. The number of rotatable bonds is 7. The molecule has 8 nitrogen and oxygen atoms in total. The quantitative estimate of drug-likeness (QED) is 0.606. The Hall–Kier alpha value is -2.59. The van der Waals surface area contributed by atoms with E-state index in [0.29, 0.717) is 16.4 Å². The molecular formula is C17H19N5O3S2. The number of hydrogen-bond acceptors (Lipinski definition) is 8. The molecule has 3 rings (SSSR count). The van der Waals surface area contributed by atoms with Gasteiger partial charge in [-0.2, -0.15) is 16.1 Å². The van der Waals surface area contributed by atoms with Gasteiger partial charge in [0.2, 0.25) is 11.7 Å². The second-order valence-corrected chi connectivity index (χ2v) is 7.52. The van der Waals surface area contributed by atoms with Crippen molar-refractivity contribution >= 4 is 39.6 Å². The number of carbonyl (C=O) groups excluding carboxylic acids is 2. The third-order valence-corrected chi connectivity index (χ3v) is 5.85. The molecule has 0 atom stereocenters. The number of ether oxygens (including phenoxy) is 1. The van der Waals surface area contributed by atoms with Gasteiger partial charge >= 0.3 is 5.97 Å². The molecule has 27 heavy (non-hydrogen) atoms. The molecule has 142 valence electrons. The molecule has 0 aliphatic rings. The normalized spacial score (nSPS) is 10.8. The highest BCUT2D eigenvalue weighted by molar-refractivity contribution is 7.17. The minimum atomic E-state index is -0.431. The van der Waals surface area contributed by atoms with Gasteiger partial charge in [0.05, 0.1) is 12.2 Å². The molecule has 10 heteroatoms. The third-order valence-electron chi connectivity index (χ3n) is 3.82. The van der Waals surface area contributed by atoms with Gasteiger partial charge < -0.3 is 10.1 Å². The number of thiophene rings is 2. The van der Waals surface area contributed by atoms with Gasteiger partial charge in [-0.1, -0.05) is 6.92 Å². The second kappa shape index (κ2) is 8.40. The van der Waals surface area contributed by atoms with Gasteiger partial charge in [-0.05, 0) is 42.5 Å². The zero-order chi connectivity index (χ0) is 19.4. The lowest BCUT2D eigenvalue weighted by atomic mass is 10.1. The summed E-state index contributed by atoms with van der Waals surface area (Å²) in [6.07, 6.45) is 0.771. The Morgan fingerprint density at radius 2 is 2.15 bits per heavy atom. The Balaban J connectivity index is 1.75. The molecular weight excluding hydrogens is 386 g/mol. The van der Waals surface area contributed by atoms with Crippen molar-refractivity contribution in [2.75, 3.05) is 11.9 Å². The van der Waals surface area contributed by atoms with Crippen LogP contribution in [-0.4, -0.2) is 38.7 Å². The van der Waals surface area contributed by atoms with Crippen molar-refractivity contribution < 1.29 is 14.3 Å². The average Bonchev–Trinajstić information content (AvgIpc) is 3.35. The van der Waals surface area contributed by atoms with Gasteiger partial charge in [0.25, 0.3) is 0 Å². The zero-order valence-corrected chi connectivity index (χ0v) is 16.8. The van der Waals surface area contributed by atoms with Crippen LogP contribution in [0.5, 0.6) is 0 Å². The van der Waals surface area contributed by atoms with Gasteiger partial charge in [0.1, 0.15) is 11.5 Å². The predicted octanol–water partition coefficient (Wildman–Crippen LogP) is 3.15. The highest BCUT2D eigenvalue weighted by Gasteiger charge is 2.23. The molecule has 0 spiro atoms. The fourth-order valence-corrected chi connectivity index (χ4v) is 4.33. The molecule has 1 N–H and O–H groups in total. The lowest BCUT2D eigenvalue weighted by molar-refractivity contribution is -0.117. The minimum Gasteiger partial charge on any atom is -0.462 e. The van der Waals surface area contributed by atoms with Crippen molar-refractivity contribution in [3.05, 3.63) is 32.8 Å². The van der Waals surface area contributed by atoms with Crippen molar-refractivity contribution in [2.24, 2.45) is 0 Å². The van der Waals surface area contributed by atoms with E-state index in [1.807, 2.05) is 30.7 Å². The number of aryl methyl sites for hydroxylation is 1. The highest BCUT2D eigenvalue weighted by atomic mass is 32.1. The fraction of sp³-hybridized carbons (Fsp3) is 0.353. The Morgan fingerprint density at radius 3 is 2.81 bits per heavy atom. The Kier molecular flexibility index (Phi) is 5.97. The largest absolute Gasteiger partial charge is 0.462 e. The predicted molar refractivity (Wildman–Crippen MR) is 104 cm³/mol. The van der Waals surface area contributed by atoms with Crippen LogP contribution in [0.3, 0.4) is 0 Å². The molecule has 0 fully saturated rings. The van der Waals surface area contributed by atoms with Crippen molar-refractivity contribution in [2.45, 2.75) is 33.7 Å². The number of carbonyl (C=O) groups is 2. The first kappa shape index (κ1) is 19.2. The van der Waals surface area contributed by atoms with Crippen LogP contribution in [0.4, 0.5) is 5.00 Å². The first-order chi connectivity index (χ1) is 13.0. The maximum Gasteiger partial charge on any atom is 0.341 e. The molecule has 0 radical (unpaired) electrons. The van der Waals surface area contributed by atoms with E-state index >= 15 is 0 Å². The van der Waals surface area contributed by atoms with Crippen molar-refractivity contribution in [1.29, 1.82) is 0 Å². The maximum absolute atomic E-state index is 12.4. The molecule has 0 saturated heterocycles. The summed E-state index contributed by atoms with van der Waals surface area (Å²) in [4.78, 5) is 27.0. The molecule has 1 amide bonds. The Bertz CT molecular complexity index is 946. The SMILES string of the molecule is CCOC(=O)c1c(NC(=O)Cn2nnc(-c3ccsc3)n2)sc(CC)c1C. The summed E-state index contributed by atoms with van der Waals surface area (Å²) in [6.45, 7) is 5.79. The maximum atomic E-state index is 12.4. The molecule has 0 unspecified atom stereocenters. The highest BCUT2D eigenvalue weighted by Crippen LogP contribution is 2.34. The van der Waals surface area contributed by atoms with Crippen LogP contribution in [0.2, 0.25) is 0 Å². The first-order valence-corrected chi connectivity index (χ1v) is 10.2. The lowest BCUT2D eigenvalue weighted by Gasteiger charge is -2.06. The number of nitrogens with one attached hydrogen (secondary N) is 1. The van der Waals surface area contributed by atoms with Crippen LogP contribution in [0, 0.1) is 6.92 Å². The van der Waals surface area contributed by atoms with E-state index in [0.717, 1.165) is 22.4 Å². The van der Waals surface area contributed by atoms with Crippen LogP contribution in [0.1, 0.15) is 34.6 Å². The van der Waals surface area contributed by atoms with Crippen LogP contribution < -0.4 is 5.32 Å². The molecule has 0 bridgehead atoms. The number of nitrogens with zero attached hydrogens (tertiary/aromatic N) is 4. The topological polar surface area (TPSA) is 99.0 Å². The van der Waals surface area contributed by atoms with E-state index in [9.17, 15) is 9.59 Å². The van der Waals surface area contributed by atoms with Crippen molar-refractivity contribution in [1.82, 2.24) is 20.2 Å². The number of aromatic nitrogens is 4. The summed E-state index contributed by atoms with van der Waals surface area (Å²) in [5, 5.41) is 19.2. The summed E-state index contributed by atoms with van der Waals surface area (Å²) in [6, 6.07) is 1.89.